The highest BCUT2D eigenvalue weighted by Gasteiger charge is 2.05. The van der Waals surface area contributed by atoms with Crippen LogP contribution in [0.15, 0.2) is 30.6 Å². The molecule has 12 heavy (non-hydrogen) atoms. The molecule has 1 nitrogen and oxygen atoms in total. The van der Waals surface area contributed by atoms with Crippen LogP contribution in [0.4, 0.5) is 0 Å². The molecule has 0 radical (unpaired) electrons. The second kappa shape index (κ2) is 4.15. The molecule has 1 aromatic heterocycles. The second-order valence-corrected chi connectivity index (χ2v) is 3.11. The summed E-state index contributed by atoms with van der Waals surface area (Å²) in [5, 5.41) is 0. The minimum atomic E-state index is 0.641. The number of nitrogens with zero attached hydrogens (tertiary/aromatic N) is 1. The van der Waals surface area contributed by atoms with E-state index in [-0.39, 0.29) is 0 Å². The van der Waals surface area contributed by atoms with Gasteiger partial charge in [0.25, 0.3) is 0 Å². The van der Waals surface area contributed by atoms with Gasteiger partial charge < -0.3 is 4.57 Å². The van der Waals surface area contributed by atoms with Crippen LogP contribution in [0.3, 0.4) is 0 Å². The summed E-state index contributed by atoms with van der Waals surface area (Å²) in [6.07, 6.45) is 7.58. The van der Waals surface area contributed by atoms with E-state index in [1.165, 1.54) is 12.1 Å². The molecule has 0 fully saturated rings. The van der Waals surface area contributed by atoms with Crippen LogP contribution in [-0.4, -0.2) is 4.57 Å². The number of aromatic nitrogens is 1. The molecule has 0 amide bonds. The van der Waals surface area contributed by atoms with Gasteiger partial charge in [0.05, 0.1) is 0 Å². The third-order valence-electron chi connectivity index (χ3n) is 2.32. The quantitative estimate of drug-likeness (QED) is 0.643. The fourth-order valence-electron chi connectivity index (χ4n) is 1.40. The van der Waals surface area contributed by atoms with Gasteiger partial charge in [0.2, 0.25) is 0 Å². The summed E-state index contributed by atoms with van der Waals surface area (Å²) in [5.74, 6) is 0.641. The molecule has 0 aromatic carbocycles. The molecule has 1 atom stereocenters. The van der Waals surface area contributed by atoms with Crippen LogP contribution in [0, 0.1) is 5.92 Å². The van der Waals surface area contributed by atoms with Crippen molar-refractivity contribution in [2.75, 3.05) is 0 Å². The zero-order valence-electron chi connectivity index (χ0n) is 8.12. The van der Waals surface area contributed by atoms with Crippen molar-refractivity contribution in [2.45, 2.75) is 27.2 Å². The molecule has 1 aromatic rings. The lowest BCUT2D eigenvalue weighted by molar-refractivity contribution is 0.682. The molecule has 1 heteroatoms. The van der Waals surface area contributed by atoms with Crippen molar-refractivity contribution >= 4 is 5.70 Å². The number of rotatable bonds is 3. The second-order valence-electron chi connectivity index (χ2n) is 3.11. The summed E-state index contributed by atoms with van der Waals surface area (Å²) >= 11 is 0. The summed E-state index contributed by atoms with van der Waals surface area (Å²) in [6, 6.07) is 4.12. The highest BCUT2D eigenvalue weighted by atomic mass is 15.0. The lowest BCUT2D eigenvalue weighted by atomic mass is 10.0. The van der Waals surface area contributed by atoms with E-state index in [2.05, 4.69) is 55.9 Å². The Morgan fingerprint density at radius 3 is 2.42 bits per heavy atom. The van der Waals surface area contributed by atoms with Crippen molar-refractivity contribution in [3.05, 3.63) is 30.6 Å². The van der Waals surface area contributed by atoms with E-state index in [9.17, 15) is 0 Å². The predicted octanol–water partition coefficient (Wildman–Crippen LogP) is 3.40. The zero-order valence-corrected chi connectivity index (χ0v) is 8.12. The molecular formula is C11H17N. The first-order valence-electron chi connectivity index (χ1n) is 4.59. The van der Waals surface area contributed by atoms with Crippen molar-refractivity contribution < 1.29 is 0 Å². The SMILES string of the molecule is CC=C(C(C)CC)n1cccc1. The topological polar surface area (TPSA) is 4.93 Å². The smallest absolute Gasteiger partial charge is 0.0205 e. The lowest BCUT2D eigenvalue weighted by Gasteiger charge is -2.14. The van der Waals surface area contributed by atoms with Gasteiger partial charge in [-0.15, -0.1) is 0 Å². The van der Waals surface area contributed by atoms with Gasteiger partial charge in [-0.3, -0.25) is 0 Å². The first-order chi connectivity index (χ1) is 5.79. The maximum absolute atomic E-state index is 2.26. The molecule has 0 aliphatic heterocycles. The van der Waals surface area contributed by atoms with Gasteiger partial charge in [-0.1, -0.05) is 19.9 Å². The Bertz CT molecular complexity index is 244. The third kappa shape index (κ3) is 1.79. The molecule has 0 spiro atoms. The molecular weight excluding hydrogens is 146 g/mol. The minimum absolute atomic E-state index is 0.641. The van der Waals surface area contributed by atoms with E-state index >= 15 is 0 Å². The highest BCUT2D eigenvalue weighted by molar-refractivity contribution is 5.47. The normalized spacial score (nSPS) is 14.8. The van der Waals surface area contributed by atoms with E-state index in [1.807, 2.05) is 0 Å². The Balaban J connectivity index is 2.85. The predicted molar refractivity (Wildman–Crippen MR) is 53.8 cm³/mol. The monoisotopic (exact) mass is 163 g/mol. The van der Waals surface area contributed by atoms with Crippen molar-refractivity contribution in [3.63, 3.8) is 0 Å². The third-order valence-corrected chi connectivity index (χ3v) is 2.32. The molecule has 0 N–H and O–H groups in total. The van der Waals surface area contributed by atoms with E-state index in [0.717, 1.165) is 0 Å². The van der Waals surface area contributed by atoms with Gasteiger partial charge >= 0.3 is 0 Å². The Kier molecular flexibility index (Phi) is 3.15. The van der Waals surface area contributed by atoms with E-state index in [4.69, 9.17) is 0 Å². The van der Waals surface area contributed by atoms with Crippen LogP contribution in [0.5, 0.6) is 0 Å². The molecule has 66 valence electrons. The van der Waals surface area contributed by atoms with Crippen LogP contribution in [0.2, 0.25) is 0 Å². The average Bonchev–Trinajstić information content (AvgIpc) is 2.58. The van der Waals surface area contributed by atoms with Gasteiger partial charge in [-0.05, 0) is 31.4 Å². The van der Waals surface area contributed by atoms with Crippen molar-refractivity contribution in [1.82, 2.24) is 4.57 Å². The number of hydrogen-bond acceptors (Lipinski definition) is 0. The molecule has 0 aliphatic rings. The standard InChI is InChI=1S/C11H17N/c1-4-10(3)11(5-2)12-8-6-7-9-12/h5-10H,4H2,1-3H3. The molecule has 1 unspecified atom stereocenters. The Hall–Kier alpha value is -0.980. The molecule has 0 saturated carbocycles. The fraction of sp³-hybridized carbons (Fsp3) is 0.455. The summed E-state index contributed by atoms with van der Waals surface area (Å²) < 4.78 is 2.19. The van der Waals surface area contributed by atoms with Gasteiger partial charge in [-0.2, -0.15) is 0 Å². The van der Waals surface area contributed by atoms with Gasteiger partial charge in [0.1, 0.15) is 0 Å². The van der Waals surface area contributed by atoms with Crippen LogP contribution < -0.4 is 0 Å². The van der Waals surface area contributed by atoms with Crippen molar-refractivity contribution in [3.8, 4) is 0 Å². The maximum atomic E-state index is 2.26. The maximum Gasteiger partial charge on any atom is 0.0205 e. The molecule has 1 rings (SSSR count). The van der Waals surface area contributed by atoms with Crippen molar-refractivity contribution in [1.29, 1.82) is 0 Å². The first kappa shape index (κ1) is 9.11. The zero-order chi connectivity index (χ0) is 8.97. The molecule has 0 saturated heterocycles. The molecule has 0 bridgehead atoms. The number of hydrogen-bond donors (Lipinski definition) is 0. The van der Waals surface area contributed by atoms with Crippen molar-refractivity contribution in [2.24, 2.45) is 5.92 Å². The molecule has 1 heterocycles. The Morgan fingerprint density at radius 2 is 2.00 bits per heavy atom. The Morgan fingerprint density at radius 1 is 1.42 bits per heavy atom. The summed E-state index contributed by atoms with van der Waals surface area (Å²) in [4.78, 5) is 0. The van der Waals surface area contributed by atoms with E-state index < -0.39 is 0 Å². The van der Waals surface area contributed by atoms with Crippen LogP contribution in [0.25, 0.3) is 5.70 Å². The summed E-state index contributed by atoms with van der Waals surface area (Å²) in [7, 11) is 0. The average molecular weight is 163 g/mol. The van der Waals surface area contributed by atoms with Gasteiger partial charge in [0.15, 0.2) is 0 Å². The first-order valence-corrected chi connectivity index (χ1v) is 4.59. The summed E-state index contributed by atoms with van der Waals surface area (Å²) in [5.41, 5.74) is 1.39. The molecule has 0 aliphatic carbocycles. The van der Waals surface area contributed by atoms with E-state index in [1.54, 1.807) is 0 Å². The number of allylic oxidation sites excluding steroid dienone is 2. The van der Waals surface area contributed by atoms with Gasteiger partial charge in [0, 0.05) is 18.1 Å². The van der Waals surface area contributed by atoms with Crippen LogP contribution in [0.1, 0.15) is 27.2 Å². The minimum Gasteiger partial charge on any atom is -0.328 e. The van der Waals surface area contributed by atoms with E-state index in [0.29, 0.717) is 5.92 Å². The summed E-state index contributed by atoms with van der Waals surface area (Å²) in [6.45, 7) is 6.58. The highest BCUT2D eigenvalue weighted by Crippen LogP contribution is 2.19. The van der Waals surface area contributed by atoms with Gasteiger partial charge in [-0.25, -0.2) is 0 Å². The fourth-order valence-corrected chi connectivity index (χ4v) is 1.40. The van der Waals surface area contributed by atoms with Crippen LogP contribution >= 0.6 is 0 Å². The lowest BCUT2D eigenvalue weighted by Crippen LogP contribution is -2.02. The van der Waals surface area contributed by atoms with Crippen LogP contribution in [-0.2, 0) is 0 Å². The Labute approximate surface area is 74.7 Å². The largest absolute Gasteiger partial charge is 0.328 e.